The number of alkyl halides is 3. The van der Waals surface area contributed by atoms with E-state index in [1.54, 1.807) is 32.2 Å². The number of carbonyl (C=O) groups is 1. The van der Waals surface area contributed by atoms with Gasteiger partial charge in [-0.15, -0.1) is 0 Å². The number of hydrogen-bond donors (Lipinski definition) is 0. The van der Waals surface area contributed by atoms with Crippen molar-refractivity contribution in [3.8, 4) is 28.0 Å². The summed E-state index contributed by atoms with van der Waals surface area (Å²) in [7, 11) is 1.56. The Morgan fingerprint density at radius 3 is 2.34 bits per heavy atom. The minimum atomic E-state index is -4.40. The first kappa shape index (κ1) is 23.1. The molecule has 166 valence electrons. The number of methoxy groups -OCH3 is 1. The summed E-state index contributed by atoms with van der Waals surface area (Å²) < 4.78 is 49.6. The molecule has 6 heteroatoms. The molecule has 3 aromatic rings. The lowest BCUT2D eigenvalue weighted by molar-refractivity contribution is -0.138. The van der Waals surface area contributed by atoms with Gasteiger partial charge in [-0.2, -0.15) is 13.2 Å². The molecule has 0 radical (unpaired) electrons. The molecule has 3 aromatic carbocycles. The maximum absolute atomic E-state index is 13.1. The van der Waals surface area contributed by atoms with Crippen molar-refractivity contribution in [2.45, 2.75) is 20.0 Å². The number of halogens is 3. The average molecular weight is 440 g/mol. The summed E-state index contributed by atoms with van der Waals surface area (Å²) in [5, 5.41) is 0. The highest BCUT2D eigenvalue weighted by atomic mass is 19.4. The highest BCUT2D eigenvalue weighted by Crippen LogP contribution is 2.35. The molecule has 0 aliphatic carbocycles. The summed E-state index contributed by atoms with van der Waals surface area (Å²) >= 11 is 0. The van der Waals surface area contributed by atoms with Crippen LogP contribution in [0.2, 0.25) is 0 Å². The van der Waals surface area contributed by atoms with E-state index in [0.717, 1.165) is 39.9 Å². The lowest BCUT2D eigenvalue weighted by Crippen LogP contribution is -2.04. The molecule has 3 rings (SSSR count). The van der Waals surface area contributed by atoms with E-state index in [1.807, 2.05) is 37.3 Å². The maximum Gasteiger partial charge on any atom is 0.416 e. The van der Waals surface area contributed by atoms with Crippen LogP contribution in [0.15, 0.2) is 66.7 Å². The standard InChI is InChI=1S/C26H23F3O3/c1-4-32-25(30)13-9-20-16-22(31-3)10-12-24(20)19-8-11-23(17(2)14-19)18-6-5-7-21(15-18)26(27,28)29/h5-16H,4H2,1-3H3/b13-9+. The van der Waals surface area contributed by atoms with Crippen LogP contribution in [0.3, 0.4) is 0 Å². The van der Waals surface area contributed by atoms with Gasteiger partial charge >= 0.3 is 12.1 Å². The quantitative estimate of drug-likeness (QED) is 0.308. The van der Waals surface area contributed by atoms with Gasteiger partial charge < -0.3 is 9.47 Å². The van der Waals surface area contributed by atoms with Crippen LogP contribution in [0.25, 0.3) is 28.3 Å². The normalized spacial score (nSPS) is 11.6. The minimum absolute atomic E-state index is 0.282. The molecule has 0 saturated carbocycles. The third-order valence-corrected chi connectivity index (χ3v) is 4.98. The molecule has 0 aliphatic heterocycles. The molecule has 32 heavy (non-hydrogen) atoms. The fourth-order valence-corrected chi connectivity index (χ4v) is 3.43. The van der Waals surface area contributed by atoms with Crippen LogP contribution in [0, 0.1) is 6.92 Å². The number of rotatable bonds is 6. The Morgan fingerprint density at radius 1 is 0.969 bits per heavy atom. The number of carbonyl (C=O) groups excluding carboxylic acids is 1. The van der Waals surface area contributed by atoms with Crippen LogP contribution in [0.4, 0.5) is 13.2 Å². The van der Waals surface area contributed by atoms with Gasteiger partial charge in [0.05, 0.1) is 19.3 Å². The van der Waals surface area contributed by atoms with E-state index in [4.69, 9.17) is 9.47 Å². The highest BCUT2D eigenvalue weighted by molar-refractivity contribution is 5.89. The van der Waals surface area contributed by atoms with Crippen molar-refractivity contribution >= 4 is 12.0 Å². The van der Waals surface area contributed by atoms with Crippen molar-refractivity contribution in [2.75, 3.05) is 13.7 Å². The van der Waals surface area contributed by atoms with Gasteiger partial charge in [0.25, 0.3) is 0 Å². The van der Waals surface area contributed by atoms with E-state index in [1.165, 1.54) is 12.1 Å². The highest BCUT2D eigenvalue weighted by Gasteiger charge is 2.30. The van der Waals surface area contributed by atoms with Crippen LogP contribution in [-0.2, 0) is 15.7 Å². The number of hydrogen-bond acceptors (Lipinski definition) is 3. The van der Waals surface area contributed by atoms with E-state index in [9.17, 15) is 18.0 Å². The van der Waals surface area contributed by atoms with Gasteiger partial charge in [0, 0.05) is 6.08 Å². The zero-order valence-corrected chi connectivity index (χ0v) is 18.0. The molecule has 0 spiro atoms. The predicted molar refractivity (Wildman–Crippen MR) is 119 cm³/mol. The monoisotopic (exact) mass is 440 g/mol. The van der Waals surface area contributed by atoms with Crippen molar-refractivity contribution in [1.29, 1.82) is 0 Å². The van der Waals surface area contributed by atoms with E-state index in [-0.39, 0.29) is 6.61 Å². The predicted octanol–water partition coefficient (Wildman–Crippen LogP) is 6.93. The second kappa shape index (κ2) is 9.73. The number of benzene rings is 3. The van der Waals surface area contributed by atoms with Gasteiger partial charge in [-0.25, -0.2) is 4.79 Å². The Hall–Kier alpha value is -3.54. The van der Waals surface area contributed by atoms with Crippen LogP contribution in [0.1, 0.15) is 23.6 Å². The molecular formula is C26H23F3O3. The smallest absolute Gasteiger partial charge is 0.416 e. The molecule has 0 heterocycles. The summed E-state index contributed by atoms with van der Waals surface area (Å²) in [5.74, 6) is 0.187. The Balaban J connectivity index is 2.01. The van der Waals surface area contributed by atoms with E-state index in [0.29, 0.717) is 11.3 Å². The molecule has 3 nitrogen and oxygen atoms in total. The van der Waals surface area contributed by atoms with Gasteiger partial charge in [-0.1, -0.05) is 36.4 Å². The largest absolute Gasteiger partial charge is 0.497 e. The van der Waals surface area contributed by atoms with Crippen LogP contribution < -0.4 is 4.74 Å². The first-order valence-electron chi connectivity index (χ1n) is 10.0. The Labute approximate surface area is 185 Å². The molecule has 0 aliphatic rings. The van der Waals surface area contributed by atoms with E-state index in [2.05, 4.69) is 0 Å². The molecule has 0 aromatic heterocycles. The van der Waals surface area contributed by atoms with Gasteiger partial charge in [0.15, 0.2) is 0 Å². The molecule has 0 atom stereocenters. The van der Waals surface area contributed by atoms with Crippen LogP contribution in [0.5, 0.6) is 5.75 Å². The summed E-state index contributed by atoms with van der Waals surface area (Å²) in [6.07, 6.45) is -1.38. The lowest BCUT2D eigenvalue weighted by Gasteiger charge is -2.14. The van der Waals surface area contributed by atoms with Crippen molar-refractivity contribution in [3.05, 3.63) is 83.4 Å². The zero-order chi connectivity index (χ0) is 23.3. The second-order valence-corrected chi connectivity index (χ2v) is 7.15. The fourth-order valence-electron chi connectivity index (χ4n) is 3.43. The van der Waals surface area contributed by atoms with Gasteiger partial charge in [-0.3, -0.25) is 0 Å². The molecule has 0 saturated heterocycles. The van der Waals surface area contributed by atoms with E-state index < -0.39 is 17.7 Å². The van der Waals surface area contributed by atoms with Gasteiger partial charge in [-0.05, 0) is 77.6 Å². The van der Waals surface area contributed by atoms with Gasteiger partial charge in [0.1, 0.15) is 5.75 Å². The number of aryl methyl sites for hydroxylation is 1. The minimum Gasteiger partial charge on any atom is -0.497 e. The second-order valence-electron chi connectivity index (χ2n) is 7.15. The summed E-state index contributed by atoms with van der Waals surface area (Å²) in [4.78, 5) is 11.8. The molecule has 0 fully saturated rings. The number of ether oxygens (including phenoxy) is 2. The molecular weight excluding hydrogens is 417 g/mol. The van der Waals surface area contributed by atoms with Crippen molar-refractivity contribution in [3.63, 3.8) is 0 Å². The van der Waals surface area contributed by atoms with Crippen molar-refractivity contribution < 1.29 is 27.4 Å². The zero-order valence-electron chi connectivity index (χ0n) is 18.0. The fraction of sp³-hybridized carbons (Fsp3) is 0.192. The molecule has 0 N–H and O–H groups in total. The van der Waals surface area contributed by atoms with Gasteiger partial charge in [0.2, 0.25) is 0 Å². The van der Waals surface area contributed by atoms with Crippen LogP contribution >= 0.6 is 0 Å². The first-order chi connectivity index (χ1) is 15.2. The van der Waals surface area contributed by atoms with Crippen LogP contribution in [-0.4, -0.2) is 19.7 Å². The Kier molecular flexibility index (Phi) is 7.03. The third kappa shape index (κ3) is 5.38. The molecule has 0 bridgehead atoms. The summed E-state index contributed by atoms with van der Waals surface area (Å²) in [6, 6.07) is 16.4. The average Bonchev–Trinajstić information content (AvgIpc) is 2.77. The van der Waals surface area contributed by atoms with Crippen molar-refractivity contribution in [1.82, 2.24) is 0 Å². The Bertz CT molecular complexity index is 1150. The Morgan fingerprint density at radius 2 is 1.69 bits per heavy atom. The topological polar surface area (TPSA) is 35.5 Å². The SMILES string of the molecule is CCOC(=O)/C=C/c1cc(OC)ccc1-c1ccc(-c2cccc(C(F)(F)F)c2)c(C)c1. The van der Waals surface area contributed by atoms with E-state index >= 15 is 0 Å². The maximum atomic E-state index is 13.1. The third-order valence-electron chi connectivity index (χ3n) is 4.98. The van der Waals surface area contributed by atoms with Crippen molar-refractivity contribution in [2.24, 2.45) is 0 Å². The lowest BCUT2D eigenvalue weighted by atomic mass is 9.93. The first-order valence-corrected chi connectivity index (χ1v) is 10.0. The molecule has 0 amide bonds. The molecule has 0 unspecified atom stereocenters. The summed E-state index contributed by atoms with van der Waals surface area (Å²) in [5.41, 5.74) is 3.84. The summed E-state index contributed by atoms with van der Waals surface area (Å²) in [6.45, 7) is 3.87. The number of esters is 1.